The Labute approximate surface area is 97.2 Å². The van der Waals surface area contributed by atoms with Crippen molar-refractivity contribution < 1.29 is 4.79 Å². The van der Waals surface area contributed by atoms with Crippen LogP contribution in [0.1, 0.15) is 25.0 Å². The number of likely N-dealkylation sites (N-methyl/N-ethyl adjacent to an activating group) is 1. The van der Waals surface area contributed by atoms with Crippen LogP contribution in [0, 0.1) is 0 Å². The van der Waals surface area contributed by atoms with Gasteiger partial charge in [0, 0.05) is 13.6 Å². The highest BCUT2D eigenvalue weighted by Crippen LogP contribution is 2.09. The predicted molar refractivity (Wildman–Crippen MR) is 66.2 cm³/mol. The molecule has 0 fully saturated rings. The summed E-state index contributed by atoms with van der Waals surface area (Å²) in [4.78, 5) is 11.3. The summed E-state index contributed by atoms with van der Waals surface area (Å²) in [5, 5.41) is 5.84. The number of amides is 1. The Bertz CT molecular complexity index is 350. The van der Waals surface area contributed by atoms with Crippen molar-refractivity contribution in [2.24, 2.45) is 0 Å². The lowest BCUT2D eigenvalue weighted by Crippen LogP contribution is -2.40. The molecule has 1 amide bonds. The van der Waals surface area contributed by atoms with Gasteiger partial charge in [-0.15, -0.1) is 0 Å². The van der Waals surface area contributed by atoms with Gasteiger partial charge in [0.15, 0.2) is 0 Å². The summed E-state index contributed by atoms with van der Waals surface area (Å²) in [7, 11) is 1.65. The average molecular weight is 220 g/mol. The Morgan fingerprint density at radius 1 is 1.31 bits per heavy atom. The molecule has 3 heteroatoms. The molecule has 3 nitrogen and oxygen atoms in total. The normalized spacial score (nSPS) is 12.2. The van der Waals surface area contributed by atoms with Crippen molar-refractivity contribution in [2.75, 3.05) is 7.05 Å². The average Bonchev–Trinajstić information content (AvgIpc) is 2.35. The van der Waals surface area contributed by atoms with E-state index in [1.54, 1.807) is 7.05 Å². The van der Waals surface area contributed by atoms with E-state index in [0.29, 0.717) is 0 Å². The third-order valence-electron chi connectivity index (χ3n) is 2.74. The summed E-state index contributed by atoms with van der Waals surface area (Å²) in [5.74, 6) is 0.0222. The van der Waals surface area contributed by atoms with E-state index in [9.17, 15) is 4.79 Å². The first-order valence-electron chi connectivity index (χ1n) is 5.70. The van der Waals surface area contributed by atoms with Crippen LogP contribution >= 0.6 is 0 Å². The molecule has 2 N–H and O–H groups in total. The summed E-state index contributed by atoms with van der Waals surface area (Å²) in [6.07, 6.45) is 1.02. The summed E-state index contributed by atoms with van der Waals surface area (Å²) < 4.78 is 0. The van der Waals surface area contributed by atoms with Crippen LogP contribution in [0.5, 0.6) is 0 Å². The van der Waals surface area contributed by atoms with Crippen molar-refractivity contribution in [1.82, 2.24) is 10.6 Å². The molecule has 1 aromatic rings. The van der Waals surface area contributed by atoms with Gasteiger partial charge in [0.25, 0.3) is 0 Å². The molecule has 0 saturated heterocycles. The minimum atomic E-state index is -0.157. The highest BCUT2D eigenvalue weighted by atomic mass is 16.2. The highest BCUT2D eigenvalue weighted by Gasteiger charge is 2.10. The van der Waals surface area contributed by atoms with Crippen LogP contribution in [0.3, 0.4) is 0 Å². The van der Waals surface area contributed by atoms with Crippen LogP contribution in [-0.4, -0.2) is 19.0 Å². The zero-order valence-corrected chi connectivity index (χ0v) is 10.2. The van der Waals surface area contributed by atoms with Crippen LogP contribution in [0.15, 0.2) is 24.3 Å². The quantitative estimate of drug-likeness (QED) is 0.789. The fourth-order valence-corrected chi connectivity index (χ4v) is 1.65. The summed E-state index contributed by atoms with van der Waals surface area (Å²) in [6.45, 7) is 4.74. The first-order valence-corrected chi connectivity index (χ1v) is 5.70. The second-order valence-electron chi connectivity index (χ2n) is 3.84. The maximum atomic E-state index is 11.3. The van der Waals surface area contributed by atoms with Crippen molar-refractivity contribution >= 4 is 5.91 Å². The predicted octanol–water partition coefficient (Wildman–Crippen LogP) is 1.47. The first-order chi connectivity index (χ1) is 7.69. The van der Waals surface area contributed by atoms with Crippen LogP contribution in [0.2, 0.25) is 0 Å². The molecule has 1 rings (SSSR count). The molecular formula is C13H20N2O. The second kappa shape index (κ2) is 6.28. The van der Waals surface area contributed by atoms with E-state index in [2.05, 4.69) is 29.7 Å². The Kier molecular flexibility index (Phi) is 4.99. The summed E-state index contributed by atoms with van der Waals surface area (Å²) in [6, 6.07) is 8.14. The SMILES string of the molecule is CCc1ccccc1CNC(C)C(=O)NC. The molecule has 0 heterocycles. The largest absolute Gasteiger partial charge is 0.358 e. The minimum absolute atomic E-state index is 0.0222. The number of nitrogens with one attached hydrogen (secondary N) is 2. The number of carbonyl (C=O) groups is 1. The van der Waals surface area contributed by atoms with Gasteiger partial charge in [-0.05, 0) is 24.5 Å². The van der Waals surface area contributed by atoms with E-state index >= 15 is 0 Å². The molecular weight excluding hydrogens is 200 g/mol. The lowest BCUT2D eigenvalue weighted by molar-refractivity contribution is -0.122. The molecule has 1 atom stereocenters. The van der Waals surface area contributed by atoms with E-state index in [0.717, 1.165) is 13.0 Å². The zero-order valence-electron chi connectivity index (χ0n) is 10.2. The third kappa shape index (κ3) is 3.35. The van der Waals surface area contributed by atoms with E-state index in [1.807, 2.05) is 19.1 Å². The molecule has 0 aliphatic carbocycles. The Balaban J connectivity index is 2.57. The van der Waals surface area contributed by atoms with Gasteiger partial charge in [0.05, 0.1) is 6.04 Å². The van der Waals surface area contributed by atoms with E-state index in [1.165, 1.54) is 11.1 Å². The van der Waals surface area contributed by atoms with Gasteiger partial charge in [-0.25, -0.2) is 0 Å². The van der Waals surface area contributed by atoms with E-state index in [-0.39, 0.29) is 11.9 Å². The van der Waals surface area contributed by atoms with Gasteiger partial charge >= 0.3 is 0 Å². The maximum absolute atomic E-state index is 11.3. The summed E-state index contributed by atoms with van der Waals surface area (Å²) >= 11 is 0. The molecule has 0 radical (unpaired) electrons. The van der Waals surface area contributed by atoms with Crippen LogP contribution in [0.4, 0.5) is 0 Å². The Hall–Kier alpha value is -1.35. The van der Waals surface area contributed by atoms with Crippen LogP contribution in [0.25, 0.3) is 0 Å². The molecule has 0 aliphatic heterocycles. The molecule has 0 saturated carbocycles. The van der Waals surface area contributed by atoms with Crippen molar-refractivity contribution in [3.63, 3.8) is 0 Å². The molecule has 1 aromatic carbocycles. The monoisotopic (exact) mass is 220 g/mol. The van der Waals surface area contributed by atoms with Gasteiger partial charge < -0.3 is 10.6 Å². The number of aryl methyl sites for hydroxylation is 1. The smallest absolute Gasteiger partial charge is 0.236 e. The fraction of sp³-hybridized carbons (Fsp3) is 0.462. The van der Waals surface area contributed by atoms with Gasteiger partial charge in [-0.3, -0.25) is 4.79 Å². The van der Waals surface area contributed by atoms with E-state index < -0.39 is 0 Å². The topological polar surface area (TPSA) is 41.1 Å². The van der Waals surface area contributed by atoms with Crippen LogP contribution in [-0.2, 0) is 17.8 Å². The molecule has 0 aromatic heterocycles. The Morgan fingerprint density at radius 2 is 1.94 bits per heavy atom. The highest BCUT2D eigenvalue weighted by molar-refractivity contribution is 5.80. The molecule has 1 unspecified atom stereocenters. The van der Waals surface area contributed by atoms with Gasteiger partial charge in [-0.1, -0.05) is 31.2 Å². The number of hydrogen-bond acceptors (Lipinski definition) is 2. The molecule has 16 heavy (non-hydrogen) atoms. The standard InChI is InChI=1S/C13H20N2O/c1-4-11-7-5-6-8-12(11)9-15-10(2)13(16)14-3/h5-8,10,15H,4,9H2,1-3H3,(H,14,16). The Morgan fingerprint density at radius 3 is 2.50 bits per heavy atom. The number of carbonyl (C=O) groups excluding carboxylic acids is 1. The van der Waals surface area contributed by atoms with Gasteiger partial charge in [0.1, 0.15) is 0 Å². The zero-order chi connectivity index (χ0) is 12.0. The third-order valence-corrected chi connectivity index (χ3v) is 2.74. The van der Waals surface area contributed by atoms with Crippen LogP contribution < -0.4 is 10.6 Å². The van der Waals surface area contributed by atoms with Crippen molar-refractivity contribution in [3.05, 3.63) is 35.4 Å². The molecule has 0 bridgehead atoms. The number of rotatable bonds is 5. The molecule has 0 aliphatic rings. The first kappa shape index (κ1) is 12.7. The number of benzene rings is 1. The lowest BCUT2D eigenvalue weighted by Gasteiger charge is -2.14. The maximum Gasteiger partial charge on any atom is 0.236 e. The van der Waals surface area contributed by atoms with Gasteiger partial charge in [0.2, 0.25) is 5.91 Å². The second-order valence-corrected chi connectivity index (χ2v) is 3.84. The molecule has 88 valence electrons. The number of hydrogen-bond donors (Lipinski definition) is 2. The summed E-state index contributed by atoms with van der Waals surface area (Å²) in [5.41, 5.74) is 2.60. The van der Waals surface area contributed by atoms with Crippen molar-refractivity contribution in [1.29, 1.82) is 0 Å². The fourth-order valence-electron chi connectivity index (χ4n) is 1.65. The van der Waals surface area contributed by atoms with Crippen molar-refractivity contribution in [2.45, 2.75) is 32.9 Å². The van der Waals surface area contributed by atoms with Gasteiger partial charge in [-0.2, -0.15) is 0 Å². The lowest BCUT2D eigenvalue weighted by atomic mass is 10.1. The van der Waals surface area contributed by atoms with Crippen molar-refractivity contribution in [3.8, 4) is 0 Å². The molecule has 0 spiro atoms. The van der Waals surface area contributed by atoms with E-state index in [4.69, 9.17) is 0 Å². The minimum Gasteiger partial charge on any atom is -0.358 e.